The Morgan fingerprint density at radius 3 is 3.06 bits per heavy atom. The number of benzene rings is 1. The second-order valence-electron chi connectivity index (χ2n) is 4.90. The molecule has 3 rings (SSSR count). The number of piperidine rings is 1. The number of nitrogens with zero attached hydrogens (tertiary/aromatic N) is 2. The molecule has 0 radical (unpaired) electrons. The van der Waals surface area contributed by atoms with Crippen molar-refractivity contribution in [1.29, 1.82) is 0 Å². The zero-order valence-electron chi connectivity index (χ0n) is 10.9. The van der Waals surface area contributed by atoms with Crippen molar-refractivity contribution in [3.8, 4) is 5.75 Å². The number of rotatable bonds is 2. The van der Waals surface area contributed by atoms with Crippen molar-refractivity contribution in [1.82, 2.24) is 14.9 Å². The number of aryl methyl sites for hydroxylation is 1. The summed E-state index contributed by atoms with van der Waals surface area (Å²) in [5.41, 5.74) is 2.12. The van der Waals surface area contributed by atoms with Crippen LogP contribution in [0.3, 0.4) is 0 Å². The summed E-state index contributed by atoms with van der Waals surface area (Å²) < 4.78 is 7.62. The largest absolute Gasteiger partial charge is 0.494 e. The molecule has 4 nitrogen and oxygen atoms in total. The van der Waals surface area contributed by atoms with Crippen molar-refractivity contribution in [2.45, 2.75) is 18.8 Å². The molecule has 1 N–H and O–H groups in total. The Balaban J connectivity index is 2.10. The van der Waals surface area contributed by atoms with Gasteiger partial charge in [0, 0.05) is 19.5 Å². The van der Waals surface area contributed by atoms with E-state index in [-0.39, 0.29) is 0 Å². The van der Waals surface area contributed by atoms with Crippen molar-refractivity contribution in [3.05, 3.63) is 24.0 Å². The second kappa shape index (κ2) is 4.61. The van der Waals surface area contributed by atoms with Crippen LogP contribution < -0.4 is 10.1 Å². The van der Waals surface area contributed by atoms with E-state index < -0.39 is 0 Å². The minimum absolute atomic E-state index is 0.515. The van der Waals surface area contributed by atoms with Gasteiger partial charge in [-0.25, -0.2) is 4.98 Å². The van der Waals surface area contributed by atoms with E-state index in [0.29, 0.717) is 5.92 Å². The summed E-state index contributed by atoms with van der Waals surface area (Å²) in [4.78, 5) is 4.79. The number of imidazole rings is 1. The SMILES string of the molecule is COc1cccc2nc(C3CCCNC3)n(C)c12. The Bertz CT molecular complexity index is 555. The lowest BCUT2D eigenvalue weighted by Gasteiger charge is -2.22. The van der Waals surface area contributed by atoms with Crippen LogP contribution in [-0.2, 0) is 7.05 Å². The van der Waals surface area contributed by atoms with E-state index in [1.807, 2.05) is 12.1 Å². The van der Waals surface area contributed by atoms with Crippen LogP contribution in [0.5, 0.6) is 5.75 Å². The van der Waals surface area contributed by atoms with Crippen LogP contribution in [0, 0.1) is 0 Å². The summed E-state index contributed by atoms with van der Waals surface area (Å²) in [6.45, 7) is 2.16. The Morgan fingerprint density at radius 2 is 2.33 bits per heavy atom. The molecule has 0 spiro atoms. The molecule has 0 bridgehead atoms. The van der Waals surface area contributed by atoms with Crippen LogP contribution in [-0.4, -0.2) is 29.8 Å². The smallest absolute Gasteiger partial charge is 0.144 e. The van der Waals surface area contributed by atoms with E-state index >= 15 is 0 Å². The van der Waals surface area contributed by atoms with Crippen LogP contribution in [0.2, 0.25) is 0 Å². The zero-order valence-corrected chi connectivity index (χ0v) is 10.9. The van der Waals surface area contributed by atoms with Gasteiger partial charge < -0.3 is 14.6 Å². The van der Waals surface area contributed by atoms with Crippen LogP contribution >= 0.6 is 0 Å². The van der Waals surface area contributed by atoms with Gasteiger partial charge in [0.2, 0.25) is 0 Å². The Morgan fingerprint density at radius 1 is 1.44 bits per heavy atom. The van der Waals surface area contributed by atoms with Gasteiger partial charge in [-0.3, -0.25) is 0 Å². The van der Waals surface area contributed by atoms with Gasteiger partial charge in [-0.15, -0.1) is 0 Å². The van der Waals surface area contributed by atoms with Gasteiger partial charge in [0.05, 0.1) is 12.6 Å². The van der Waals surface area contributed by atoms with Gasteiger partial charge in [-0.2, -0.15) is 0 Å². The molecule has 1 aliphatic rings. The summed E-state index contributed by atoms with van der Waals surface area (Å²) >= 11 is 0. The van der Waals surface area contributed by atoms with Crippen molar-refractivity contribution < 1.29 is 4.74 Å². The second-order valence-corrected chi connectivity index (χ2v) is 4.90. The fraction of sp³-hybridized carbons (Fsp3) is 0.500. The third-order valence-electron chi connectivity index (χ3n) is 3.77. The average molecular weight is 245 g/mol. The number of ether oxygens (including phenoxy) is 1. The molecule has 1 saturated heterocycles. The van der Waals surface area contributed by atoms with E-state index in [4.69, 9.17) is 9.72 Å². The highest BCUT2D eigenvalue weighted by atomic mass is 16.5. The number of methoxy groups -OCH3 is 1. The fourth-order valence-corrected chi connectivity index (χ4v) is 2.85. The van der Waals surface area contributed by atoms with Crippen LogP contribution in [0.1, 0.15) is 24.6 Å². The predicted molar refractivity (Wildman–Crippen MR) is 72.1 cm³/mol. The highest BCUT2D eigenvalue weighted by molar-refractivity contribution is 5.82. The molecular weight excluding hydrogens is 226 g/mol. The van der Waals surface area contributed by atoms with Gasteiger partial charge in [0.15, 0.2) is 0 Å². The maximum absolute atomic E-state index is 5.43. The van der Waals surface area contributed by atoms with Crippen molar-refractivity contribution in [2.75, 3.05) is 20.2 Å². The van der Waals surface area contributed by atoms with Gasteiger partial charge in [-0.1, -0.05) is 6.07 Å². The first-order valence-electron chi connectivity index (χ1n) is 6.51. The number of para-hydroxylation sites is 1. The van der Waals surface area contributed by atoms with Crippen LogP contribution in [0.4, 0.5) is 0 Å². The Hall–Kier alpha value is -1.55. The summed E-state index contributed by atoms with van der Waals surface area (Å²) in [7, 11) is 3.80. The summed E-state index contributed by atoms with van der Waals surface area (Å²) in [5, 5.41) is 3.45. The fourth-order valence-electron chi connectivity index (χ4n) is 2.85. The van der Waals surface area contributed by atoms with Crippen molar-refractivity contribution >= 4 is 11.0 Å². The highest BCUT2D eigenvalue weighted by Crippen LogP contribution is 2.30. The quantitative estimate of drug-likeness (QED) is 0.880. The van der Waals surface area contributed by atoms with Crippen molar-refractivity contribution in [2.24, 2.45) is 7.05 Å². The van der Waals surface area contributed by atoms with E-state index in [1.165, 1.54) is 18.7 Å². The third kappa shape index (κ3) is 1.77. The van der Waals surface area contributed by atoms with E-state index in [1.54, 1.807) is 7.11 Å². The molecule has 0 amide bonds. The molecule has 96 valence electrons. The standard InChI is InChI=1S/C14H19N3O/c1-17-13-11(6-3-7-12(13)18-2)16-14(17)10-5-4-8-15-9-10/h3,6-7,10,15H,4-5,8-9H2,1-2H3. The lowest BCUT2D eigenvalue weighted by atomic mass is 9.99. The van der Waals surface area contributed by atoms with Gasteiger partial charge >= 0.3 is 0 Å². The molecule has 1 aliphatic heterocycles. The lowest BCUT2D eigenvalue weighted by molar-refractivity contribution is 0.416. The molecular formula is C14H19N3O. The number of aromatic nitrogens is 2. The molecule has 18 heavy (non-hydrogen) atoms. The Kier molecular flexibility index (Phi) is 2.96. The molecule has 1 aromatic carbocycles. The number of hydrogen-bond acceptors (Lipinski definition) is 3. The molecule has 4 heteroatoms. The minimum Gasteiger partial charge on any atom is -0.494 e. The first-order chi connectivity index (χ1) is 8.81. The van der Waals surface area contributed by atoms with Gasteiger partial charge in [-0.05, 0) is 31.5 Å². The molecule has 2 heterocycles. The van der Waals surface area contributed by atoms with Gasteiger partial charge in [0.1, 0.15) is 17.1 Å². The third-order valence-corrected chi connectivity index (χ3v) is 3.77. The lowest BCUT2D eigenvalue weighted by Crippen LogP contribution is -2.29. The van der Waals surface area contributed by atoms with E-state index in [0.717, 1.165) is 29.9 Å². The summed E-state index contributed by atoms with van der Waals surface area (Å²) in [6, 6.07) is 6.04. The minimum atomic E-state index is 0.515. The number of nitrogens with one attached hydrogen (secondary N) is 1. The molecule has 0 saturated carbocycles. The normalized spacial score (nSPS) is 20.2. The zero-order chi connectivity index (χ0) is 12.5. The molecule has 1 atom stereocenters. The Labute approximate surface area is 107 Å². The number of hydrogen-bond donors (Lipinski definition) is 1. The summed E-state index contributed by atoms with van der Waals surface area (Å²) in [5.74, 6) is 2.58. The molecule has 1 unspecified atom stereocenters. The first kappa shape index (κ1) is 11.5. The topological polar surface area (TPSA) is 39.1 Å². The average Bonchev–Trinajstić information content (AvgIpc) is 2.77. The van der Waals surface area contributed by atoms with Crippen LogP contribution in [0.25, 0.3) is 11.0 Å². The van der Waals surface area contributed by atoms with E-state index in [2.05, 4.69) is 23.0 Å². The molecule has 1 fully saturated rings. The summed E-state index contributed by atoms with van der Waals surface area (Å²) in [6.07, 6.45) is 2.44. The highest BCUT2D eigenvalue weighted by Gasteiger charge is 2.21. The first-order valence-corrected chi connectivity index (χ1v) is 6.51. The molecule has 0 aliphatic carbocycles. The van der Waals surface area contributed by atoms with Gasteiger partial charge in [0.25, 0.3) is 0 Å². The van der Waals surface area contributed by atoms with E-state index in [9.17, 15) is 0 Å². The molecule has 2 aromatic rings. The number of fused-ring (bicyclic) bond motifs is 1. The van der Waals surface area contributed by atoms with Crippen LogP contribution in [0.15, 0.2) is 18.2 Å². The molecule has 1 aromatic heterocycles. The predicted octanol–water partition coefficient (Wildman–Crippen LogP) is 2.05. The van der Waals surface area contributed by atoms with Crippen molar-refractivity contribution in [3.63, 3.8) is 0 Å². The maximum atomic E-state index is 5.43. The monoisotopic (exact) mass is 245 g/mol. The maximum Gasteiger partial charge on any atom is 0.144 e.